The van der Waals surface area contributed by atoms with Crippen LogP contribution in [0.3, 0.4) is 0 Å². The fourth-order valence-electron chi connectivity index (χ4n) is 2.37. The summed E-state index contributed by atoms with van der Waals surface area (Å²) in [6, 6.07) is 6.31. The molecule has 0 spiro atoms. The van der Waals surface area contributed by atoms with Crippen LogP contribution in [0.15, 0.2) is 22.6 Å². The van der Waals surface area contributed by atoms with Crippen molar-refractivity contribution in [3.63, 3.8) is 0 Å². The fraction of sp³-hybridized carbons (Fsp3) is 0.500. The van der Waals surface area contributed by atoms with Gasteiger partial charge in [0.25, 0.3) is 6.01 Å². The predicted molar refractivity (Wildman–Crippen MR) is 73.6 cm³/mol. The van der Waals surface area contributed by atoms with Gasteiger partial charge in [-0.2, -0.15) is 4.98 Å². The molecule has 2 N–H and O–H groups in total. The molecule has 1 fully saturated rings. The first-order valence-corrected chi connectivity index (χ1v) is 6.45. The molecule has 4 heteroatoms. The van der Waals surface area contributed by atoms with E-state index in [2.05, 4.69) is 23.7 Å². The van der Waals surface area contributed by atoms with E-state index in [9.17, 15) is 0 Å². The maximum absolute atomic E-state index is 5.79. The van der Waals surface area contributed by atoms with E-state index in [4.69, 9.17) is 10.2 Å². The van der Waals surface area contributed by atoms with Crippen LogP contribution in [0, 0.1) is 5.41 Å². The van der Waals surface area contributed by atoms with Gasteiger partial charge in [0.15, 0.2) is 5.58 Å². The van der Waals surface area contributed by atoms with E-state index in [1.165, 1.54) is 12.8 Å². The summed E-state index contributed by atoms with van der Waals surface area (Å²) in [5.41, 5.74) is 8.57. The van der Waals surface area contributed by atoms with Gasteiger partial charge in [-0.1, -0.05) is 13.8 Å². The molecule has 1 aliphatic rings. The summed E-state index contributed by atoms with van der Waals surface area (Å²) in [5, 5.41) is 0. The van der Waals surface area contributed by atoms with Crippen molar-refractivity contribution in [2.24, 2.45) is 5.41 Å². The van der Waals surface area contributed by atoms with Crippen LogP contribution in [0.2, 0.25) is 0 Å². The maximum atomic E-state index is 5.79. The summed E-state index contributed by atoms with van der Waals surface area (Å²) >= 11 is 0. The minimum absolute atomic E-state index is 0.437. The Morgan fingerprint density at radius 3 is 2.72 bits per heavy atom. The topological polar surface area (TPSA) is 55.3 Å². The van der Waals surface area contributed by atoms with Crippen LogP contribution in [-0.4, -0.2) is 18.1 Å². The van der Waals surface area contributed by atoms with Gasteiger partial charge in [0.05, 0.1) is 0 Å². The summed E-state index contributed by atoms with van der Waals surface area (Å²) in [7, 11) is 0. The first-order chi connectivity index (χ1) is 8.53. The lowest BCUT2D eigenvalue weighted by Gasteiger charge is -2.35. The van der Waals surface area contributed by atoms with E-state index < -0.39 is 0 Å². The Morgan fingerprint density at radius 1 is 1.28 bits per heavy atom. The van der Waals surface area contributed by atoms with Gasteiger partial charge in [-0.15, -0.1) is 0 Å². The minimum atomic E-state index is 0.437. The van der Waals surface area contributed by atoms with E-state index in [0.29, 0.717) is 5.41 Å². The normalized spacial score (nSPS) is 19.3. The van der Waals surface area contributed by atoms with Gasteiger partial charge < -0.3 is 15.1 Å². The largest absolute Gasteiger partial charge is 0.423 e. The molecule has 2 aromatic rings. The van der Waals surface area contributed by atoms with Crippen molar-refractivity contribution < 1.29 is 4.42 Å². The van der Waals surface area contributed by atoms with Crippen molar-refractivity contribution in [3.8, 4) is 0 Å². The molecule has 4 nitrogen and oxygen atoms in total. The van der Waals surface area contributed by atoms with Crippen LogP contribution in [0.4, 0.5) is 11.7 Å². The number of hydrogen-bond acceptors (Lipinski definition) is 4. The number of nitrogens with two attached hydrogens (primary N) is 1. The Kier molecular flexibility index (Phi) is 2.47. The molecule has 0 radical (unpaired) electrons. The lowest BCUT2D eigenvalue weighted by Crippen LogP contribution is -2.37. The second-order valence-electron chi connectivity index (χ2n) is 5.87. The van der Waals surface area contributed by atoms with Gasteiger partial charge in [0.1, 0.15) is 5.52 Å². The number of hydrogen-bond donors (Lipinski definition) is 1. The van der Waals surface area contributed by atoms with Gasteiger partial charge in [-0.25, -0.2) is 0 Å². The lowest BCUT2D eigenvalue weighted by atomic mass is 9.83. The molecule has 3 rings (SSSR count). The molecule has 0 aliphatic carbocycles. The van der Waals surface area contributed by atoms with Crippen LogP contribution in [0.5, 0.6) is 0 Å². The average Bonchev–Trinajstić information content (AvgIpc) is 2.71. The van der Waals surface area contributed by atoms with E-state index in [0.717, 1.165) is 35.9 Å². The summed E-state index contributed by atoms with van der Waals surface area (Å²) in [6.07, 6.45) is 2.35. The number of benzene rings is 1. The molecule has 0 amide bonds. The third-order valence-corrected chi connectivity index (χ3v) is 3.79. The predicted octanol–water partition coefficient (Wildman–Crippen LogP) is 3.04. The molecule has 96 valence electrons. The van der Waals surface area contributed by atoms with Crippen LogP contribution >= 0.6 is 0 Å². The standard InChI is InChI=1S/C14H19N3O/c1-14(2)5-7-17(8-6-14)13-16-11-9-10(15)3-4-12(11)18-13/h3-4,9H,5-8,15H2,1-2H3. The quantitative estimate of drug-likeness (QED) is 0.785. The maximum Gasteiger partial charge on any atom is 0.298 e. The molecule has 0 atom stereocenters. The van der Waals surface area contributed by atoms with E-state index in [1.54, 1.807) is 0 Å². The highest BCUT2D eigenvalue weighted by Crippen LogP contribution is 2.33. The number of fused-ring (bicyclic) bond motifs is 1. The Bertz CT molecular complexity index is 563. The zero-order valence-corrected chi connectivity index (χ0v) is 10.9. The minimum Gasteiger partial charge on any atom is -0.423 e. The van der Waals surface area contributed by atoms with Gasteiger partial charge in [-0.3, -0.25) is 0 Å². The van der Waals surface area contributed by atoms with Gasteiger partial charge >= 0.3 is 0 Å². The molecule has 0 bridgehead atoms. The Labute approximate surface area is 107 Å². The second kappa shape index (κ2) is 3.90. The van der Waals surface area contributed by atoms with Crippen molar-refractivity contribution >= 4 is 22.8 Å². The lowest BCUT2D eigenvalue weighted by molar-refractivity contribution is 0.274. The summed E-state index contributed by atoms with van der Waals surface area (Å²) in [5.74, 6) is 0. The molecule has 2 heterocycles. The highest BCUT2D eigenvalue weighted by atomic mass is 16.4. The molecule has 1 aromatic carbocycles. The van der Waals surface area contributed by atoms with E-state index >= 15 is 0 Å². The number of oxazole rings is 1. The fourth-order valence-corrected chi connectivity index (χ4v) is 2.37. The zero-order valence-electron chi connectivity index (χ0n) is 10.9. The van der Waals surface area contributed by atoms with Crippen molar-refractivity contribution in [2.75, 3.05) is 23.7 Å². The van der Waals surface area contributed by atoms with Gasteiger partial charge in [-0.05, 0) is 36.5 Å². The summed E-state index contributed by atoms with van der Waals surface area (Å²) in [4.78, 5) is 6.75. The summed E-state index contributed by atoms with van der Waals surface area (Å²) in [6.45, 7) is 6.65. The molecule has 1 aromatic heterocycles. The molecule has 1 aliphatic heterocycles. The first-order valence-electron chi connectivity index (χ1n) is 6.45. The molecular formula is C14H19N3O. The highest BCUT2D eigenvalue weighted by Gasteiger charge is 2.27. The van der Waals surface area contributed by atoms with Gasteiger partial charge in [0, 0.05) is 18.8 Å². The SMILES string of the molecule is CC1(C)CCN(c2nc3cc(N)ccc3o2)CC1. The van der Waals surface area contributed by atoms with Crippen LogP contribution in [-0.2, 0) is 0 Å². The van der Waals surface area contributed by atoms with Crippen molar-refractivity contribution in [3.05, 3.63) is 18.2 Å². The Morgan fingerprint density at radius 2 is 2.00 bits per heavy atom. The molecular weight excluding hydrogens is 226 g/mol. The molecule has 0 unspecified atom stereocenters. The van der Waals surface area contributed by atoms with Crippen molar-refractivity contribution in [1.82, 2.24) is 4.98 Å². The zero-order chi connectivity index (χ0) is 12.8. The number of rotatable bonds is 1. The number of nitrogen functional groups attached to an aromatic ring is 1. The smallest absolute Gasteiger partial charge is 0.298 e. The van der Waals surface area contributed by atoms with E-state index in [1.807, 2.05) is 18.2 Å². The van der Waals surface area contributed by atoms with Crippen molar-refractivity contribution in [1.29, 1.82) is 0 Å². The molecule has 18 heavy (non-hydrogen) atoms. The number of anilines is 2. The first kappa shape index (κ1) is 11.4. The third kappa shape index (κ3) is 2.03. The van der Waals surface area contributed by atoms with Crippen molar-refractivity contribution in [2.45, 2.75) is 26.7 Å². The Hall–Kier alpha value is -1.71. The van der Waals surface area contributed by atoms with Crippen LogP contribution < -0.4 is 10.6 Å². The molecule has 0 saturated carbocycles. The van der Waals surface area contributed by atoms with Crippen LogP contribution in [0.25, 0.3) is 11.1 Å². The average molecular weight is 245 g/mol. The number of nitrogens with zero attached hydrogens (tertiary/aromatic N) is 2. The third-order valence-electron chi connectivity index (χ3n) is 3.79. The van der Waals surface area contributed by atoms with E-state index in [-0.39, 0.29) is 0 Å². The number of aromatic nitrogens is 1. The van der Waals surface area contributed by atoms with Crippen LogP contribution in [0.1, 0.15) is 26.7 Å². The molecule has 1 saturated heterocycles. The number of piperidine rings is 1. The summed E-state index contributed by atoms with van der Waals surface area (Å²) < 4.78 is 5.79. The highest BCUT2D eigenvalue weighted by molar-refractivity contribution is 5.78. The second-order valence-corrected chi connectivity index (χ2v) is 5.87. The monoisotopic (exact) mass is 245 g/mol. The van der Waals surface area contributed by atoms with Gasteiger partial charge in [0.2, 0.25) is 0 Å². The Balaban J connectivity index is 1.87.